The summed E-state index contributed by atoms with van der Waals surface area (Å²) in [6.45, 7) is 2.90. The largest absolute Gasteiger partial charge is 0.497 e. The summed E-state index contributed by atoms with van der Waals surface area (Å²) < 4.78 is 11.2. The molecule has 2 saturated heterocycles. The molecule has 1 aromatic rings. The van der Waals surface area contributed by atoms with Crippen molar-refractivity contribution in [3.63, 3.8) is 0 Å². The number of hydrogen-bond donors (Lipinski definition) is 0. The van der Waals surface area contributed by atoms with Crippen LogP contribution in [-0.2, 0) is 16.1 Å². The molecule has 1 aromatic carbocycles. The van der Waals surface area contributed by atoms with Crippen LogP contribution in [0.3, 0.4) is 0 Å². The Morgan fingerprint density at radius 1 is 1.25 bits per heavy atom. The van der Waals surface area contributed by atoms with Crippen LogP contribution in [0.15, 0.2) is 24.3 Å². The monoisotopic (exact) mass is 329 g/mol. The number of ether oxygens (including phenoxy) is 2. The summed E-state index contributed by atoms with van der Waals surface area (Å²) in [5.74, 6) is 1.90. The lowest BCUT2D eigenvalue weighted by Gasteiger charge is -2.33. The van der Waals surface area contributed by atoms with Gasteiger partial charge in [0.1, 0.15) is 5.75 Å². The Balaban J connectivity index is 1.51. The van der Waals surface area contributed by atoms with Gasteiger partial charge in [-0.2, -0.15) is 0 Å². The number of carbonyl (C=O) groups excluding carboxylic acids is 1. The second kappa shape index (κ2) is 6.40. The van der Waals surface area contributed by atoms with Gasteiger partial charge in [0.2, 0.25) is 5.91 Å². The van der Waals surface area contributed by atoms with Gasteiger partial charge in [0.05, 0.1) is 25.2 Å². The number of rotatable bonds is 6. The second-order valence-corrected chi connectivity index (χ2v) is 7.61. The standard InChI is InChI=1S/C20H27NO3/c1-13(15-5-6-15)21(12-14-3-7-16(23-2)8-4-14)20(22)18-11-17-9-10-19(18)24-17/h3-4,7-8,13,15,17-19H,5-6,9-12H2,1-2H3/t13-,17+,18+,19+/m1/s1. The predicted octanol–water partition coefficient (Wildman–Crippen LogP) is 3.39. The molecular formula is C20H27NO3. The minimum Gasteiger partial charge on any atom is -0.497 e. The van der Waals surface area contributed by atoms with Crippen molar-refractivity contribution in [1.29, 1.82) is 0 Å². The van der Waals surface area contributed by atoms with Crippen LogP contribution in [0.2, 0.25) is 0 Å². The Morgan fingerprint density at radius 2 is 2.00 bits per heavy atom. The topological polar surface area (TPSA) is 38.8 Å². The van der Waals surface area contributed by atoms with Crippen molar-refractivity contribution in [2.75, 3.05) is 7.11 Å². The van der Waals surface area contributed by atoms with E-state index in [0.717, 1.165) is 25.0 Å². The minimum absolute atomic E-state index is 0.0724. The van der Waals surface area contributed by atoms with Gasteiger partial charge in [0, 0.05) is 12.6 Å². The van der Waals surface area contributed by atoms with Gasteiger partial charge in [0.25, 0.3) is 0 Å². The third-order valence-corrected chi connectivity index (χ3v) is 6.01. The highest BCUT2D eigenvalue weighted by Crippen LogP contribution is 2.42. The molecular weight excluding hydrogens is 302 g/mol. The summed E-state index contributed by atoms with van der Waals surface area (Å²) in [4.78, 5) is 15.4. The first-order chi connectivity index (χ1) is 11.7. The fourth-order valence-corrected chi connectivity index (χ4v) is 4.29. The van der Waals surface area contributed by atoms with Crippen molar-refractivity contribution in [3.8, 4) is 5.75 Å². The fraction of sp³-hybridized carbons (Fsp3) is 0.650. The molecule has 1 saturated carbocycles. The van der Waals surface area contributed by atoms with Crippen molar-refractivity contribution < 1.29 is 14.3 Å². The first kappa shape index (κ1) is 15.9. The van der Waals surface area contributed by atoms with Gasteiger partial charge in [-0.3, -0.25) is 4.79 Å². The van der Waals surface area contributed by atoms with Gasteiger partial charge in [-0.15, -0.1) is 0 Å². The zero-order valence-electron chi connectivity index (χ0n) is 14.6. The van der Waals surface area contributed by atoms with E-state index in [0.29, 0.717) is 30.5 Å². The van der Waals surface area contributed by atoms with Crippen LogP contribution >= 0.6 is 0 Å². The quantitative estimate of drug-likeness (QED) is 0.803. The Morgan fingerprint density at radius 3 is 2.54 bits per heavy atom. The molecule has 0 aromatic heterocycles. The molecule has 1 amide bonds. The maximum atomic E-state index is 13.3. The maximum Gasteiger partial charge on any atom is 0.228 e. The third-order valence-electron chi connectivity index (χ3n) is 6.01. The lowest BCUT2D eigenvalue weighted by molar-refractivity contribution is -0.140. The lowest BCUT2D eigenvalue weighted by atomic mass is 9.87. The zero-order chi connectivity index (χ0) is 16.7. The van der Waals surface area contributed by atoms with E-state index in [9.17, 15) is 4.79 Å². The molecule has 0 unspecified atom stereocenters. The molecule has 4 heteroatoms. The predicted molar refractivity (Wildman–Crippen MR) is 91.7 cm³/mol. The molecule has 3 aliphatic rings. The number of carbonyl (C=O) groups is 1. The second-order valence-electron chi connectivity index (χ2n) is 7.61. The van der Waals surface area contributed by atoms with Crippen LogP contribution < -0.4 is 4.74 Å². The molecule has 0 N–H and O–H groups in total. The van der Waals surface area contributed by atoms with Crippen LogP contribution in [0.25, 0.3) is 0 Å². The van der Waals surface area contributed by atoms with E-state index >= 15 is 0 Å². The van der Waals surface area contributed by atoms with Crippen molar-refractivity contribution in [2.24, 2.45) is 11.8 Å². The van der Waals surface area contributed by atoms with Crippen LogP contribution in [0, 0.1) is 11.8 Å². The Kier molecular flexibility index (Phi) is 4.25. The smallest absolute Gasteiger partial charge is 0.228 e. The highest BCUT2D eigenvalue weighted by atomic mass is 16.5. The van der Waals surface area contributed by atoms with E-state index in [2.05, 4.69) is 24.0 Å². The van der Waals surface area contributed by atoms with Crippen LogP contribution in [-0.4, -0.2) is 36.2 Å². The number of hydrogen-bond acceptors (Lipinski definition) is 3. The van der Waals surface area contributed by atoms with Crippen molar-refractivity contribution in [2.45, 2.75) is 63.8 Å². The SMILES string of the molecule is COc1ccc(CN(C(=O)[C@H]2C[C@@H]3CC[C@@H]2O3)[C@H](C)C2CC2)cc1. The summed E-state index contributed by atoms with van der Waals surface area (Å²) >= 11 is 0. The van der Waals surface area contributed by atoms with Gasteiger partial charge < -0.3 is 14.4 Å². The van der Waals surface area contributed by atoms with Crippen LogP contribution in [0.5, 0.6) is 5.75 Å². The van der Waals surface area contributed by atoms with E-state index in [-0.39, 0.29) is 12.0 Å². The summed E-state index contributed by atoms with van der Waals surface area (Å²) in [7, 11) is 1.68. The van der Waals surface area contributed by atoms with Gasteiger partial charge in [0.15, 0.2) is 0 Å². The molecule has 2 aliphatic heterocycles. The molecule has 2 bridgehead atoms. The molecule has 2 heterocycles. The molecule has 24 heavy (non-hydrogen) atoms. The first-order valence-electron chi connectivity index (χ1n) is 9.24. The Hall–Kier alpha value is -1.55. The molecule has 3 fully saturated rings. The number of amides is 1. The Labute approximate surface area is 144 Å². The highest BCUT2D eigenvalue weighted by molar-refractivity contribution is 5.80. The lowest BCUT2D eigenvalue weighted by Crippen LogP contribution is -2.45. The zero-order valence-corrected chi connectivity index (χ0v) is 14.6. The van der Waals surface area contributed by atoms with Gasteiger partial charge in [-0.25, -0.2) is 0 Å². The van der Waals surface area contributed by atoms with E-state index in [1.807, 2.05) is 12.1 Å². The normalized spacial score (nSPS) is 29.5. The number of nitrogens with zero attached hydrogens (tertiary/aromatic N) is 1. The summed E-state index contributed by atoms with van der Waals surface area (Å²) in [5, 5.41) is 0. The molecule has 0 spiro atoms. The van der Waals surface area contributed by atoms with Crippen molar-refractivity contribution in [3.05, 3.63) is 29.8 Å². The van der Waals surface area contributed by atoms with E-state index < -0.39 is 0 Å². The van der Waals surface area contributed by atoms with E-state index in [1.54, 1.807) is 7.11 Å². The number of fused-ring (bicyclic) bond motifs is 2. The minimum atomic E-state index is 0.0724. The summed E-state index contributed by atoms with van der Waals surface area (Å²) in [5.41, 5.74) is 1.17. The molecule has 130 valence electrons. The first-order valence-corrected chi connectivity index (χ1v) is 9.24. The van der Waals surface area contributed by atoms with Gasteiger partial charge in [-0.1, -0.05) is 12.1 Å². The van der Waals surface area contributed by atoms with Gasteiger partial charge >= 0.3 is 0 Å². The molecule has 4 atom stereocenters. The summed E-state index contributed by atoms with van der Waals surface area (Å²) in [6, 6.07) is 8.39. The van der Waals surface area contributed by atoms with Crippen molar-refractivity contribution >= 4 is 5.91 Å². The molecule has 0 radical (unpaired) electrons. The van der Waals surface area contributed by atoms with Crippen LogP contribution in [0.1, 0.15) is 44.6 Å². The fourth-order valence-electron chi connectivity index (χ4n) is 4.29. The highest BCUT2D eigenvalue weighted by Gasteiger charge is 2.47. The van der Waals surface area contributed by atoms with E-state index in [1.165, 1.54) is 18.4 Å². The van der Waals surface area contributed by atoms with E-state index in [4.69, 9.17) is 9.47 Å². The average molecular weight is 329 g/mol. The number of benzene rings is 1. The third kappa shape index (κ3) is 3.04. The molecule has 1 aliphatic carbocycles. The van der Waals surface area contributed by atoms with Crippen LogP contribution in [0.4, 0.5) is 0 Å². The average Bonchev–Trinajstić information content (AvgIpc) is 3.26. The summed E-state index contributed by atoms with van der Waals surface area (Å²) in [6.07, 6.45) is 6.08. The maximum absolute atomic E-state index is 13.3. The number of methoxy groups -OCH3 is 1. The molecule has 4 nitrogen and oxygen atoms in total. The van der Waals surface area contributed by atoms with Crippen molar-refractivity contribution in [1.82, 2.24) is 4.90 Å². The van der Waals surface area contributed by atoms with Gasteiger partial charge in [-0.05, 0) is 62.6 Å². The Bertz CT molecular complexity index is 595. The molecule has 4 rings (SSSR count).